The summed E-state index contributed by atoms with van der Waals surface area (Å²) in [6.45, 7) is 2.05. The summed E-state index contributed by atoms with van der Waals surface area (Å²) in [4.78, 5) is 11.8. The minimum atomic E-state index is 0.158. The average molecular weight is 218 g/mol. The predicted octanol–water partition coefficient (Wildman–Crippen LogP) is 2.70. The first-order chi connectivity index (χ1) is 6.77. The van der Waals surface area contributed by atoms with Crippen molar-refractivity contribution < 1.29 is 4.79 Å². The highest BCUT2D eigenvalue weighted by Gasteiger charge is 2.22. The third kappa shape index (κ3) is 3.49. The second-order valence-electron chi connectivity index (χ2n) is 4.10. The molecule has 0 aromatic carbocycles. The fraction of sp³-hybridized carbons (Fsp3) is 0.909. The molecule has 1 rings (SSSR count). The monoisotopic (exact) mass is 217 g/mol. The molecule has 1 aliphatic rings. The molecule has 0 bridgehead atoms. The Labute approximate surface area is 91.4 Å². The zero-order valence-corrected chi connectivity index (χ0v) is 9.65. The Morgan fingerprint density at radius 1 is 1.43 bits per heavy atom. The number of carbonyl (C=O) groups is 1. The number of nitrogens with one attached hydrogen (secondary N) is 1. The Morgan fingerprint density at radius 3 is 2.57 bits per heavy atom. The lowest BCUT2D eigenvalue weighted by Crippen LogP contribution is -2.40. The Balaban J connectivity index is 2.32. The molecule has 1 N–H and O–H groups in total. The van der Waals surface area contributed by atoms with Crippen LogP contribution in [0.15, 0.2) is 0 Å². The van der Waals surface area contributed by atoms with Gasteiger partial charge in [-0.25, -0.2) is 0 Å². The Hall–Kier alpha value is -0.240. The summed E-state index contributed by atoms with van der Waals surface area (Å²) in [5.41, 5.74) is 0. The first kappa shape index (κ1) is 11.8. The molecule has 3 heteroatoms. The van der Waals surface area contributed by atoms with Crippen LogP contribution in [-0.4, -0.2) is 17.8 Å². The fourth-order valence-electron chi connectivity index (χ4n) is 1.93. The smallest absolute Gasteiger partial charge is 0.223 e. The molecule has 0 aromatic rings. The van der Waals surface area contributed by atoms with Crippen molar-refractivity contribution >= 4 is 17.5 Å². The largest absolute Gasteiger partial charge is 0.352 e. The van der Waals surface area contributed by atoms with Crippen molar-refractivity contribution in [3.05, 3.63) is 0 Å². The second kappa shape index (κ2) is 6.28. The van der Waals surface area contributed by atoms with Gasteiger partial charge in [0.1, 0.15) is 0 Å². The van der Waals surface area contributed by atoms with E-state index in [9.17, 15) is 4.79 Å². The molecule has 0 aromatic heterocycles. The summed E-state index contributed by atoms with van der Waals surface area (Å²) in [7, 11) is 0. The molecule has 1 unspecified atom stereocenters. The maximum Gasteiger partial charge on any atom is 0.223 e. The van der Waals surface area contributed by atoms with Gasteiger partial charge < -0.3 is 5.32 Å². The summed E-state index contributed by atoms with van der Waals surface area (Å²) in [6.07, 6.45) is 6.74. The van der Waals surface area contributed by atoms with Gasteiger partial charge in [-0.2, -0.15) is 0 Å². The van der Waals surface area contributed by atoms with E-state index in [2.05, 4.69) is 5.32 Å². The standard InChI is InChI=1S/C11H20ClNO/c1-2-10(8-12)13-11(14)9-6-4-3-5-7-9/h9-10H,2-8H2,1H3,(H,13,14). The Bertz CT molecular complexity index is 174. The average Bonchev–Trinajstić information content (AvgIpc) is 2.26. The van der Waals surface area contributed by atoms with Gasteiger partial charge in [0.25, 0.3) is 0 Å². The van der Waals surface area contributed by atoms with Crippen LogP contribution in [0.2, 0.25) is 0 Å². The number of hydrogen-bond acceptors (Lipinski definition) is 1. The van der Waals surface area contributed by atoms with E-state index in [0.717, 1.165) is 19.3 Å². The van der Waals surface area contributed by atoms with Gasteiger partial charge in [-0.15, -0.1) is 11.6 Å². The summed E-state index contributed by atoms with van der Waals surface area (Å²) in [6, 6.07) is 0.158. The molecule has 1 atom stereocenters. The molecule has 2 nitrogen and oxygen atoms in total. The van der Waals surface area contributed by atoms with E-state index >= 15 is 0 Å². The molecular formula is C11H20ClNO. The lowest BCUT2D eigenvalue weighted by atomic mass is 9.88. The second-order valence-corrected chi connectivity index (χ2v) is 4.41. The molecule has 1 fully saturated rings. The molecule has 1 amide bonds. The molecular weight excluding hydrogens is 198 g/mol. The number of hydrogen-bond donors (Lipinski definition) is 1. The summed E-state index contributed by atoms with van der Waals surface area (Å²) >= 11 is 5.74. The first-order valence-electron chi connectivity index (χ1n) is 5.64. The summed E-state index contributed by atoms with van der Waals surface area (Å²) in [5.74, 6) is 0.993. The van der Waals surface area contributed by atoms with E-state index in [1.54, 1.807) is 0 Å². The van der Waals surface area contributed by atoms with E-state index in [1.165, 1.54) is 19.3 Å². The van der Waals surface area contributed by atoms with Gasteiger partial charge in [0.2, 0.25) is 5.91 Å². The lowest BCUT2D eigenvalue weighted by Gasteiger charge is -2.23. The van der Waals surface area contributed by atoms with E-state index in [4.69, 9.17) is 11.6 Å². The quantitative estimate of drug-likeness (QED) is 0.721. The van der Waals surface area contributed by atoms with E-state index < -0.39 is 0 Å². The highest BCUT2D eigenvalue weighted by atomic mass is 35.5. The highest BCUT2D eigenvalue weighted by molar-refractivity contribution is 6.18. The van der Waals surface area contributed by atoms with Gasteiger partial charge >= 0.3 is 0 Å². The molecule has 1 aliphatic carbocycles. The minimum absolute atomic E-state index is 0.158. The molecule has 82 valence electrons. The topological polar surface area (TPSA) is 29.1 Å². The zero-order chi connectivity index (χ0) is 10.4. The number of rotatable bonds is 4. The van der Waals surface area contributed by atoms with Crippen molar-refractivity contribution in [2.24, 2.45) is 5.92 Å². The van der Waals surface area contributed by atoms with Crippen molar-refractivity contribution in [1.29, 1.82) is 0 Å². The van der Waals surface area contributed by atoms with Crippen LogP contribution in [-0.2, 0) is 4.79 Å². The van der Waals surface area contributed by atoms with Crippen LogP contribution in [0.25, 0.3) is 0 Å². The van der Waals surface area contributed by atoms with Crippen molar-refractivity contribution in [3.63, 3.8) is 0 Å². The Kier molecular flexibility index (Phi) is 5.31. The van der Waals surface area contributed by atoms with Crippen LogP contribution in [0.4, 0.5) is 0 Å². The van der Waals surface area contributed by atoms with Crippen LogP contribution < -0.4 is 5.32 Å². The van der Waals surface area contributed by atoms with E-state index in [-0.39, 0.29) is 17.9 Å². The van der Waals surface area contributed by atoms with Crippen molar-refractivity contribution in [1.82, 2.24) is 5.32 Å². The zero-order valence-electron chi connectivity index (χ0n) is 8.89. The van der Waals surface area contributed by atoms with Crippen LogP contribution in [0.5, 0.6) is 0 Å². The van der Waals surface area contributed by atoms with Crippen LogP contribution >= 0.6 is 11.6 Å². The van der Waals surface area contributed by atoms with E-state index in [0.29, 0.717) is 5.88 Å². The highest BCUT2D eigenvalue weighted by Crippen LogP contribution is 2.23. The number of halogens is 1. The first-order valence-corrected chi connectivity index (χ1v) is 6.17. The summed E-state index contributed by atoms with van der Waals surface area (Å²) < 4.78 is 0. The van der Waals surface area contributed by atoms with Crippen LogP contribution in [0, 0.1) is 5.92 Å². The molecule has 0 aliphatic heterocycles. The van der Waals surface area contributed by atoms with Crippen LogP contribution in [0.3, 0.4) is 0 Å². The van der Waals surface area contributed by atoms with Gasteiger partial charge in [-0.1, -0.05) is 26.2 Å². The van der Waals surface area contributed by atoms with Crippen molar-refractivity contribution in [3.8, 4) is 0 Å². The lowest BCUT2D eigenvalue weighted by molar-refractivity contribution is -0.126. The maximum atomic E-state index is 11.8. The summed E-state index contributed by atoms with van der Waals surface area (Å²) in [5, 5.41) is 3.02. The SMILES string of the molecule is CCC(CCl)NC(=O)C1CCCCC1. The van der Waals surface area contributed by atoms with E-state index in [1.807, 2.05) is 6.92 Å². The fourth-order valence-corrected chi connectivity index (χ4v) is 2.23. The number of carbonyl (C=O) groups excluding carboxylic acids is 1. The molecule has 0 saturated heterocycles. The van der Waals surface area contributed by atoms with Gasteiger partial charge in [0, 0.05) is 17.8 Å². The normalized spacial score (nSPS) is 20.4. The third-order valence-electron chi connectivity index (χ3n) is 3.00. The molecule has 14 heavy (non-hydrogen) atoms. The predicted molar refractivity (Wildman–Crippen MR) is 59.5 cm³/mol. The Morgan fingerprint density at radius 2 is 2.07 bits per heavy atom. The maximum absolute atomic E-state index is 11.8. The molecule has 0 radical (unpaired) electrons. The van der Waals surface area contributed by atoms with Crippen molar-refractivity contribution in [2.75, 3.05) is 5.88 Å². The van der Waals surface area contributed by atoms with Crippen molar-refractivity contribution in [2.45, 2.75) is 51.5 Å². The van der Waals surface area contributed by atoms with Gasteiger partial charge in [-0.3, -0.25) is 4.79 Å². The molecule has 0 heterocycles. The number of alkyl halides is 1. The number of amides is 1. The molecule has 0 spiro atoms. The van der Waals surface area contributed by atoms with Gasteiger partial charge in [0.15, 0.2) is 0 Å². The molecule has 1 saturated carbocycles. The van der Waals surface area contributed by atoms with Gasteiger partial charge in [-0.05, 0) is 19.3 Å². The third-order valence-corrected chi connectivity index (χ3v) is 3.37. The van der Waals surface area contributed by atoms with Crippen LogP contribution in [0.1, 0.15) is 45.4 Å². The van der Waals surface area contributed by atoms with Gasteiger partial charge in [0.05, 0.1) is 0 Å². The minimum Gasteiger partial charge on any atom is -0.352 e.